The van der Waals surface area contributed by atoms with Gasteiger partial charge in [0.15, 0.2) is 0 Å². The van der Waals surface area contributed by atoms with Crippen molar-refractivity contribution in [3.8, 4) is 0 Å². The van der Waals surface area contributed by atoms with E-state index in [2.05, 4.69) is 62.0 Å². The van der Waals surface area contributed by atoms with Gasteiger partial charge in [-0.25, -0.2) is 4.79 Å². The number of carbonyl (C=O) groups is 1. The molecule has 2 aromatic rings. The first-order chi connectivity index (χ1) is 16.0. The number of unbranched alkanes of at least 4 members (excludes halogenated alkanes) is 2. The first kappa shape index (κ1) is 26.8. The smallest absolute Gasteiger partial charge is 0.335 e. The summed E-state index contributed by atoms with van der Waals surface area (Å²) >= 11 is 0. The Kier molecular flexibility index (Phi) is 12.5. The van der Waals surface area contributed by atoms with Crippen LogP contribution in [0.15, 0.2) is 60.7 Å². The lowest BCUT2D eigenvalue weighted by Gasteiger charge is -2.16. The van der Waals surface area contributed by atoms with Crippen molar-refractivity contribution in [2.45, 2.75) is 58.3 Å². The van der Waals surface area contributed by atoms with Gasteiger partial charge < -0.3 is 14.6 Å². The molecule has 4 heteroatoms. The van der Waals surface area contributed by atoms with Gasteiger partial charge in [0.25, 0.3) is 0 Å². The number of rotatable bonds is 16. The Morgan fingerprint density at radius 3 is 1.85 bits per heavy atom. The van der Waals surface area contributed by atoms with Crippen LogP contribution in [0.2, 0.25) is 0 Å². The SMILES string of the molecule is C=C(CO)C(=O)OCC(CCc1ccc(CCc2ccc(CCCCC)cc2)cc1)COC. The van der Waals surface area contributed by atoms with E-state index in [9.17, 15) is 4.79 Å². The molecule has 0 radical (unpaired) electrons. The summed E-state index contributed by atoms with van der Waals surface area (Å²) in [5.74, 6) is -0.441. The monoisotopic (exact) mass is 452 g/mol. The number of benzene rings is 2. The van der Waals surface area contributed by atoms with Gasteiger partial charge in [-0.15, -0.1) is 0 Å². The number of ether oxygens (including phenoxy) is 2. The van der Waals surface area contributed by atoms with E-state index in [1.807, 2.05) is 0 Å². The first-order valence-electron chi connectivity index (χ1n) is 12.2. The van der Waals surface area contributed by atoms with Crippen molar-refractivity contribution in [1.29, 1.82) is 0 Å². The molecule has 0 saturated heterocycles. The molecule has 1 N–H and O–H groups in total. The van der Waals surface area contributed by atoms with Gasteiger partial charge in [-0.3, -0.25) is 0 Å². The molecule has 180 valence electrons. The summed E-state index contributed by atoms with van der Waals surface area (Å²) in [6.07, 6.45) is 8.87. The van der Waals surface area contributed by atoms with Crippen LogP contribution in [-0.2, 0) is 40.0 Å². The van der Waals surface area contributed by atoms with Gasteiger partial charge in [-0.1, -0.05) is 74.9 Å². The van der Waals surface area contributed by atoms with Gasteiger partial charge in [-0.2, -0.15) is 0 Å². The molecule has 4 nitrogen and oxygen atoms in total. The summed E-state index contributed by atoms with van der Waals surface area (Å²) in [4.78, 5) is 11.7. The van der Waals surface area contributed by atoms with E-state index < -0.39 is 5.97 Å². The van der Waals surface area contributed by atoms with Crippen LogP contribution in [0.3, 0.4) is 0 Å². The summed E-state index contributed by atoms with van der Waals surface area (Å²) < 4.78 is 10.5. The first-order valence-corrected chi connectivity index (χ1v) is 12.2. The lowest BCUT2D eigenvalue weighted by atomic mass is 9.98. The normalized spacial score (nSPS) is 11.8. The molecular weight excluding hydrogens is 412 g/mol. The number of esters is 1. The fourth-order valence-electron chi connectivity index (χ4n) is 3.79. The van der Waals surface area contributed by atoms with Crippen molar-refractivity contribution in [3.05, 3.63) is 82.9 Å². The molecule has 0 amide bonds. The number of hydrogen-bond donors (Lipinski definition) is 1. The van der Waals surface area contributed by atoms with Crippen LogP contribution in [0.5, 0.6) is 0 Å². The average Bonchev–Trinajstić information content (AvgIpc) is 2.85. The zero-order valence-corrected chi connectivity index (χ0v) is 20.4. The predicted octanol–water partition coefficient (Wildman–Crippen LogP) is 5.49. The minimum Gasteiger partial charge on any atom is -0.462 e. The van der Waals surface area contributed by atoms with E-state index >= 15 is 0 Å². The Morgan fingerprint density at radius 2 is 1.36 bits per heavy atom. The van der Waals surface area contributed by atoms with Gasteiger partial charge >= 0.3 is 5.97 Å². The molecule has 0 aliphatic carbocycles. The number of aliphatic hydroxyl groups excluding tert-OH is 1. The largest absolute Gasteiger partial charge is 0.462 e. The quantitative estimate of drug-likeness (QED) is 0.208. The average molecular weight is 453 g/mol. The van der Waals surface area contributed by atoms with Crippen molar-refractivity contribution in [1.82, 2.24) is 0 Å². The molecule has 33 heavy (non-hydrogen) atoms. The van der Waals surface area contributed by atoms with Crippen LogP contribution in [0.25, 0.3) is 0 Å². The fourth-order valence-corrected chi connectivity index (χ4v) is 3.79. The van der Waals surface area contributed by atoms with Crippen LogP contribution < -0.4 is 0 Å². The molecule has 0 fully saturated rings. The minimum absolute atomic E-state index is 0.0738. The highest BCUT2D eigenvalue weighted by atomic mass is 16.5. The lowest BCUT2D eigenvalue weighted by molar-refractivity contribution is -0.141. The Morgan fingerprint density at radius 1 is 0.848 bits per heavy atom. The maximum Gasteiger partial charge on any atom is 0.335 e. The molecule has 2 aromatic carbocycles. The number of hydrogen-bond acceptors (Lipinski definition) is 4. The molecule has 1 unspecified atom stereocenters. The van der Waals surface area contributed by atoms with Crippen molar-refractivity contribution in [3.63, 3.8) is 0 Å². The van der Waals surface area contributed by atoms with Crippen LogP contribution in [-0.4, -0.2) is 38.0 Å². The Bertz CT molecular complexity index is 824. The standard InChI is InChI=1S/C29H40O4/c1-4-5-6-7-24-8-10-25(11-9-24)12-13-26-14-16-27(17-15-26)18-19-28(21-32-3)22-33-29(31)23(2)20-30/h8-11,14-17,28,30H,2,4-7,12-13,18-22H2,1,3H3. The number of aliphatic hydroxyl groups is 1. The fraction of sp³-hybridized carbons (Fsp3) is 0.483. The topological polar surface area (TPSA) is 55.8 Å². The van der Waals surface area contributed by atoms with E-state index in [-0.39, 0.29) is 24.7 Å². The van der Waals surface area contributed by atoms with Crippen LogP contribution >= 0.6 is 0 Å². The van der Waals surface area contributed by atoms with Crippen LogP contribution in [0, 0.1) is 5.92 Å². The maximum atomic E-state index is 11.7. The predicted molar refractivity (Wildman–Crippen MR) is 134 cm³/mol. The minimum atomic E-state index is -0.547. The zero-order chi connectivity index (χ0) is 23.9. The summed E-state index contributed by atoms with van der Waals surface area (Å²) in [7, 11) is 1.65. The van der Waals surface area contributed by atoms with Gasteiger partial charge in [0.1, 0.15) is 0 Å². The van der Waals surface area contributed by atoms with Gasteiger partial charge in [0.05, 0.1) is 25.4 Å². The highest BCUT2D eigenvalue weighted by Crippen LogP contribution is 2.15. The van der Waals surface area contributed by atoms with Crippen molar-refractivity contribution >= 4 is 5.97 Å². The highest BCUT2D eigenvalue weighted by molar-refractivity contribution is 5.87. The molecule has 0 aliphatic rings. The van der Waals surface area contributed by atoms with E-state index in [1.165, 1.54) is 47.9 Å². The zero-order valence-electron chi connectivity index (χ0n) is 20.4. The molecule has 0 heterocycles. The lowest BCUT2D eigenvalue weighted by Crippen LogP contribution is -2.20. The Balaban J connectivity index is 1.76. The van der Waals surface area contributed by atoms with E-state index in [1.54, 1.807) is 7.11 Å². The second-order valence-electron chi connectivity index (χ2n) is 8.81. The van der Waals surface area contributed by atoms with Gasteiger partial charge in [-0.05, 0) is 60.8 Å². The maximum absolute atomic E-state index is 11.7. The molecular formula is C29H40O4. The molecule has 0 saturated carbocycles. The highest BCUT2D eigenvalue weighted by Gasteiger charge is 2.14. The molecule has 0 spiro atoms. The summed E-state index contributed by atoms with van der Waals surface area (Å²) in [5, 5.41) is 8.97. The number of carbonyl (C=O) groups excluding carboxylic acids is 1. The third-order valence-corrected chi connectivity index (χ3v) is 5.99. The molecule has 0 aromatic heterocycles. The number of aryl methyl sites for hydroxylation is 4. The second kappa shape index (κ2) is 15.4. The van der Waals surface area contributed by atoms with Gasteiger partial charge in [0, 0.05) is 13.0 Å². The van der Waals surface area contributed by atoms with Crippen molar-refractivity contribution in [2.75, 3.05) is 26.9 Å². The molecule has 0 aliphatic heterocycles. The summed E-state index contributed by atoms with van der Waals surface area (Å²) in [6, 6.07) is 17.9. The van der Waals surface area contributed by atoms with Crippen LogP contribution in [0.1, 0.15) is 54.9 Å². The molecule has 2 rings (SSSR count). The van der Waals surface area contributed by atoms with Crippen LogP contribution in [0.4, 0.5) is 0 Å². The van der Waals surface area contributed by atoms with E-state index in [4.69, 9.17) is 14.6 Å². The Hall–Kier alpha value is -2.43. The summed E-state index contributed by atoms with van der Waals surface area (Å²) in [5.41, 5.74) is 5.51. The molecule has 1 atom stereocenters. The third-order valence-electron chi connectivity index (χ3n) is 5.99. The van der Waals surface area contributed by atoms with Gasteiger partial charge in [0.2, 0.25) is 0 Å². The number of methoxy groups -OCH3 is 1. The third kappa shape index (κ3) is 10.4. The summed E-state index contributed by atoms with van der Waals surface area (Å²) in [6.45, 7) is 6.14. The Labute approximate surface area is 199 Å². The van der Waals surface area contributed by atoms with E-state index in [0.29, 0.717) is 6.61 Å². The van der Waals surface area contributed by atoms with E-state index in [0.717, 1.165) is 25.7 Å². The van der Waals surface area contributed by atoms with Crippen molar-refractivity contribution in [2.24, 2.45) is 5.92 Å². The van der Waals surface area contributed by atoms with Crippen molar-refractivity contribution < 1.29 is 19.4 Å². The molecule has 0 bridgehead atoms. The second-order valence-corrected chi connectivity index (χ2v) is 8.81.